The van der Waals surface area contributed by atoms with Crippen LogP contribution >= 0.6 is 0 Å². The Bertz CT molecular complexity index is 909. The molecule has 0 saturated carbocycles. The van der Waals surface area contributed by atoms with Gasteiger partial charge in [-0.15, -0.1) is 0 Å². The summed E-state index contributed by atoms with van der Waals surface area (Å²) in [6.07, 6.45) is 7.10. The van der Waals surface area contributed by atoms with Crippen LogP contribution in [0.25, 0.3) is 11.0 Å². The SMILES string of the molecule is O=c1[nH]c2ccccc2n1CCCCCN1CCN(c2ccncc2)CC1. The first-order valence-electron chi connectivity index (χ1n) is 9.86. The maximum absolute atomic E-state index is 12.1. The van der Waals surface area contributed by atoms with Crippen LogP contribution in [0.1, 0.15) is 19.3 Å². The van der Waals surface area contributed by atoms with Gasteiger partial charge in [0, 0.05) is 50.8 Å². The number of hydrogen-bond donors (Lipinski definition) is 1. The molecule has 0 atom stereocenters. The molecule has 0 bridgehead atoms. The number of pyridine rings is 1. The van der Waals surface area contributed by atoms with Gasteiger partial charge in [-0.3, -0.25) is 14.5 Å². The number of para-hydroxylation sites is 2. The first kappa shape index (κ1) is 17.8. The van der Waals surface area contributed by atoms with Gasteiger partial charge in [-0.05, 0) is 43.7 Å². The molecule has 1 aliphatic heterocycles. The minimum absolute atomic E-state index is 0.00318. The van der Waals surface area contributed by atoms with Crippen molar-refractivity contribution >= 4 is 16.7 Å². The van der Waals surface area contributed by atoms with E-state index >= 15 is 0 Å². The molecular formula is C21H27N5O. The summed E-state index contributed by atoms with van der Waals surface area (Å²) in [5, 5.41) is 0. The lowest BCUT2D eigenvalue weighted by Crippen LogP contribution is -2.46. The number of aromatic amines is 1. The summed E-state index contributed by atoms with van der Waals surface area (Å²) >= 11 is 0. The number of piperazine rings is 1. The average Bonchev–Trinajstić information content (AvgIpc) is 3.04. The van der Waals surface area contributed by atoms with E-state index < -0.39 is 0 Å². The molecule has 1 aliphatic rings. The number of H-pyrrole nitrogens is 1. The molecule has 0 aliphatic carbocycles. The molecule has 3 aromatic rings. The predicted molar refractivity (Wildman–Crippen MR) is 109 cm³/mol. The number of imidazole rings is 1. The van der Waals surface area contributed by atoms with Crippen molar-refractivity contribution in [1.29, 1.82) is 0 Å². The van der Waals surface area contributed by atoms with Crippen molar-refractivity contribution in [3.05, 3.63) is 59.3 Å². The van der Waals surface area contributed by atoms with Crippen molar-refractivity contribution in [3.63, 3.8) is 0 Å². The van der Waals surface area contributed by atoms with Crippen molar-refractivity contribution in [1.82, 2.24) is 19.4 Å². The highest BCUT2D eigenvalue weighted by molar-refractivity contribution is 5.74. The Kier molecular flexibility index (Phi) is 5.53. The van der Waals surface area contributed by atoms with Gasteiger partial charge < -0.3 is 9.88 Å². The molecule has 0 amide bonds. The largest absolute Gasteiger partial charge is 0.369 e. The van der Waals surface area contributed by atoms with E-state index in [0.29, 0.717) is 0 Å². The van der Waals surface area contributed by atoms with Gasteiger partial charge in [0.15, 0.2) is 0 Å². The number of rotatable bonds is 7. The van der Waals surface area contributed by atoms with E-state index in [1.807, 2.05) is 41.2 Å². The third-order valence-corrected chi connectivity index (χ3v) is 5.44. The third kappa shape index (κ3) is 4.22. The van der Waals surface area contributed by atoms with E-state index in [1.165, 1.54) is 12.1 Å². The molecule has 0 spiro atoms. The molecule has 1 saturated heterocycles. The second-order valence-corrected chi connectivity index (χ2v) is 7.19. The summed E-state index contributed by atoms with van der Waals surface area (Å²) in [5.74, 6) is 0. The lowest BCUT2D eigenvalue weighted by molar-refractivity contribution is 0.251. The van der Waals surface area contributed by atoms with Gasteiger partial charge in [0.2, 0.25) is 0 Å². The Morgan fingerprint density at radius 3 is 2.44 bits per heavy atom. The summed E-state index contributed by atoms with van der Waals surface area (Å²) in [6, 6.07) is 12.1. The van der Waals surface area contributed by atoms with Gasteiger partial charge in [-0.25, -0.2) is 4.79 Å². The second-order valence-electron chi connectivity index (χ2n) is 7.19. The van der Waals surface area contributed by atoms with Crippen molar-refractivity contribution in [3.8, 4) is 0 Å². The number of anilines is 1. The lowest BCUT2D eigenvalue weighted by Gasteiger charge is -2.36. The smallest absolute Gasteiger partial charge is 0.326 e. The quantitative estimate of drug-likeness (QED) is 0.654. The molecule has 3 heterocycles. The maximum atomic E-state index is 12.1. The third-order valence-electron chi connectivity index (χ3n) is 5.44. The molecular weight excluding hydrogens is 338 g/mol. The summed E-state index contributed by atoms with van der Waals surface area (Å²) in [7, 11) is 0. The highest BCUT2D eigenvalue weighted by Gasteiger charge is 2.16. The van der Waals surface area contributed by atoms with E-state index in [4.69, 9.17) is 0 Å². The fraction of sp³-hybridized carbons (Fsp3) is 0.429. The minimum Gasteiger partial charge on any atom is -0.369 e. The topological polar surface area (TPSA) is 57.2 Å². The molecule has 2 aromatic heterocycles. The molecule has 1 fully saturated rings. The molecule has 6 nitrogen and oxygen atoms in total. The zero-order valence-corrected chi connectivity index (χ0v) is 15.7. The summed E-state index contributed by atoms with van der Waals surface area (Å²) in [6.45, 7) is 6.32. The highest BCUT2D eigenvalue weighted by Crippen LogP contribution is 2.15. The van der Waals surface area contributed by atoms with Gasteiger partial charge in [0.05, 0.1) is 11.0 Å². The predicted octanol–water partition coefficient (Wildman–Crippen LogP) is 2.72. The van der Waals surface area contributed by atoms with E-state index in [2.05, 4.69) is 31.9 Å². The minimum atomic E-state index is 0.00318. The Hall–Kier alpha value is -2.60. The van der Waals surface area contributed by atoms with Crippen LogP contribution in [0.2, 0.25) is 0 Å². The molecule has 142 valence electrons. The fourth-order valence-corrected chi connectivity index (χ4v) is 3.90. The first-order chi connectivity index (χ1) is 13.3. The molecule has 1 N–H and O–H groups in total. The molecule has 4 rings (SSSR count). The second kappa shape index (κ2) is 8.39. The van der Waals surface area contributed by atoms with E-state index in [0.717, 1.165) is 63.1 Å². The number of aryl methyl sites for hydroxylation is 1. The van der Waals surface area contributed by atoms with Crippen LogP contribution < -0.4 is 10.6 Å². The Morgan fingerprint density at radius 2 is 1.63 bits per heavy atom. The van der Waals surface area contributed by atoms with E-state index in [1.54, 1.807) is 0 Å². The van der Waals surface area contributed by atoms with E-state index in [-0.39, 0.29) is 5.69 Å². The lowest BCUT2D eigenvalue weighted by atomic mass is 10.2. The maximum Gasteiger partial charge on any atom is 0.326 e. The first-order valence-corrected chi connectivity index (χ1v) is 9.86. The van der Waals surface area contributed by atoms with Crippen LogP contribution in [-0.4, -0.2) is 52.2 Å². The molecule has 1 aromatic carbocycles. The molecule has 27 heavy (non-hydrogen) atoms. The van der Waals surface area contributed by atoms with Crippen molar-refractivity contribution < 1.29 is 0 Å². The number of nitrogens with zero attached hydrogens (tertiary/aromatic N) is 4. The van der Waals surface area contributed by atoms with Crippen LogP contribution in [0.15, 0.2) is 53.6 Å². The molecule has 0 unspecified atom stereocenters. The normalized spacial score (nSPS) is 15.5. The summed E-state index contributed by atoms with van der Waals surface area (Å²) in [4.78, 5) is 24.1. The summed E-state index contributed by atoms with van der Waals surface area (Å²) in [5.41, 5.74) is 3.21. The zero-order valence-electron chi connectivity index (χ0n) is 15.7. The zero-order chi connectivity index (χ0) is 18.5. The number of nitrogens with one attached hydrogen (secondary N) is 1. The molecule has 6 heteroatoms. The average molecular weight is 365 g/mol. The van der Waals surface area contributed by atoms with Crippen LogP contribution in [0.5, 0.6) is 0 Å². The number of benzene rings is 1. The van der Waals surface area contributed by atoms with Crippen molar-refractivity contribution in [2.24, 2.45) is 0 Å². The number of fused-ring (bicyclic) bond motifs is 1. The number of unbranched alkanes of at least 4 members (excludes halogenated alkanes) is 2. The monoisotopic (exact) mass is 365 g/mol. The van der Waals surface area contributed by atoms with Crippen LogP contribution in [0.3, 0.4) is 0 Å². The highest BCUT2D eigenvalue weighted by atomic mass is 16.1. The fourth-order valence-electron chi connectivity index (χ4n) is 3.90. The standard InChI is InChI=1S/C21H27N5O/c27-21-23-19-6-2-3-7-20(19)26(21)13-5-1-4-12-24-14-16-25(17-15-24)18-8-10-22-11-9-18/h2-3,6-11H,1,4-5,12-17H2,(H,23,27). The summed E-state index contributed by atoms with van der Waals surface area (Å²) < 4.78 is 1.86. The van der Waals surface area contributed by atoms with Crippen LogP contribution in [0.4, 0.5) is 5.69 Å². The Balaban J connectivity index is 1.18. The van der Waals surface area contributed by atoms with Gasteiger partial charge in [0.25, 0.3) is 0 Å². The van der Waals surface area contributed by atoms with Gasteiger partial charge in [0.1, 0.15) is 0 Å². The van der Waals surface area contributed by atoms with Crippen LogP contribution in [-0.2, 0) is 6.54 Å². The van der Waals surface area contributed by atoms with Crippen LogP contribution in [0, 0.1) is 0 Å². The Labute approximate surface area is 159 Å². The van der Waals surface area contributed by atoms with Gasteiger partial charge in [-0.2, -0.15) is 0 Å². The van der Waals surface area contributed by atoms with Gasteiger partial charge >= 0.3 is 5.69 Å². The molecule has 0 radical (unpaired) electrons. The van der Waals surface area contributed by atoms with E-state index in [9.17, 15) is 4.79 Å². The van der Waals surface area contributed by atoms with Gasteiger partial charge in [-0.1, -0.05) is 18.6 Å². The number of aromatic nitrogens is 3. The number of hydrogen-bond acceptors (Lipinski definition) is 4. The van der Waals surface area contributed by atoms with Crippen molar-refractivity contribution in [2.45, 2.75) is 25.8 Å². The Morgan fingerprint density at radius 1 is 0.889 bits per heavy atom. The van der Waals surface area contributed by atoms with Crippen molar-refractivity contribution in [2.75, 3.05) is 37.6 Å².